The van der Waals surface area contributed by atoms with Gasteiger partial charge in [-0.25, -0.2) is 4.98 Å². The zero-order valence-corrected chi connectivity index (χ0v) is 8.36. The molecule has 2 rings (SSSR count). The predicted octanol–water partition coefficient (Wildman–Crippen LogP) is 2.39. The smallest absolute Gasteiger partial charge is 0.149 e. The van der Waals surface area contributed by atoms with E-state index in [0.29, 0.717) is 6.04 Å². The molecule has 0 spiro atoms. The van der Waals surface area contributed by atoms with Gasteiger partial charge in [-0.1, -0.05) is 12.1 Å². The van der Waals surface area contributed by atoms with Crippen LogP contribution in [0, 0.1) is 0 Å². The number of H-pyrrole nitrogens is 1. The molecule has 3 nitrogen and oxygen atoms in total. The van der Waals surface area contributed by atoms with Gasteiger partial charge in [-0.15, -0.1) is 0 Å². The highest BCUT2D eigenvalue weighted by atomic mass is 14.9. The second kappa shape index (κ2) is 3.62. The van der Waals surface area contributed by atoms with E-state index in [1.807, 2.05) is 38.1 Å². The lowest BCUT2D eigenvalue weighted by Crippen LogP contribution is -1.91. The summed E-state index contributed by atoms with van der Waals surface area (Å²) in [4.78, 5) is 11.8. The molecule has 14 heavy (non-hydrogen) atoms. The Kier molecular flexibility index (Phi) is 2.31. The molecule has 0 unspecified atom stereocenters. The number of hydrogen-bond donors (Lipinski definition) is 1. The van der Waals surface area contributed by atoms with Crippen LogP contribution in [-0.2, 0) is 0 Å². The van der Waals surface area contributed by atoms with Gasteiger partial charge in [-0.3, -0.25) is 4.99 Å². The fourth-order valence-corrected chi connectivity index (χ4v) is 1.25. The lowest BCUT2D eigenvalue weighted by Gasteiger charge is -1.91. The van der Waals surface area contributed by atoms with Crippen molar-refractivity contribution in [1.29, 1.82) is 0 Å². The molecule has 1 aromatic heterocycles. The van der Waals surface area contributed by atoms with E-state index in [4.69, 9.17) is 0 Å². The number of rotatable bonds is 2. The molecule has 1 N–H and O–H groups in total. The molecule has 0 aliphatic rings. The van der Waals surface area contributed by atoms with Crippen molar-refractivity contribution < 1.29 is 0 Å². The van der Waals surface area contributed by atoms with Crippen LogP contribution in [0.5, 0.6) is 0 Å². The Morgan fingerprint density at radius 3 is 2.86 bits per heavy atom. The fraction of sp³-hybridized carbons (Fsp3) is 0.273. The van der Waals surface area contributed by atoms with Crippen LogP contribution in [0.15, 0.2) is 29.3 Å². The van der Waals surface area contributed by atoms with Crippen LogP contribution in [0.25, 0.3) is 11.0 Å². The molecule has 0 aliphatic heterocycles. The van der Waals surface area contributed by atoms with Crippen LogP contribution in [0.4, 0.5) is 0 Å². The summed E-state index contributed by atoms with van der Waals surface area (Å²) in [6, 6.07) is 8.27. The van der Waals surface area contributed by atoms with E-state index in [0.717, 1.165) is 16.9 Å². The Morgan fingerprint density at radius 2 is 2.14 bits per heavy atom. The van der Waals surface area contributed by atoms with Crippen molar-refractivity contribution in [3.63, 3.8) is 0 Å². The molecule has 0 saturated heterocycles. The number of aromatic nitrogens is 2. The standard InChI is InChI=1S/C11H13N3/c1-8(2)12-7-11-13-9-5-3-4-6-10(9)14-11/h3-8H,1-2H3,(H,13,14). The van der Waals surface area contributed by atoms with Gasteiger partial charge in [0.15, 0.2) is 0 Å². The third-order valence-corrected chi connectivity index (χ3v) is 1.90. The minimum atomic E-state index is 0.309. The minimum Gasteiger partial charge on any atom is -0.337 e. The number of nitrogens with one attached hydrogen (secondary N) is 1. The summed E-state index contributed by atoms with van der Waals surface area (Å²) in [5.41, 5.74) is 2.04. The van der Waals surface area contributed by atoms with Gasteiger partial charge in [0.1, 0.15) is 5.82 Å². The first-order valence-corrected chi connectivity index (χ1v) is 4.73. The predicted molar refractivity (Wildman–Crippen MR) is 58.8 cm³/mol. The summed E-state index contributed by atoms with van der Waals surface area (Å²) >= 11 is 0. The molecule has 2 aromatic rings. The maximum Gasteiger partial charge on any atom is 0.149 e. The average Bonchev–Trinajstić information content (AvgIpc) is 2.57. The maximum atomic E-state index is 4.38. The van der Waals surface area contributed by atoms with Crippen molar-refractivity contribution in [1.82, 2.24) is 9.97 Å². The van der Waals surface area contributed by atoms with Crippen LogP contribution in [0.1, 0.15) is 19.7 Å². The molecule has 0 saturated carbocycles. The first-order valence-electron chi connectivity index (χ1n) is 4.73. The van der Waals surface area contributed by atoms with E-state index in [2.05, 4.69) is 15.0 Å². The monoisotopic (exact) mass is 187 g/mol. The van der Waals surface area contributed by atoms with Gasteiger partial charge in [0.2, 0.25) is 0 Å². The van der Waals surface area contributed by atoms with Crippen LogP contribution >= 0.6 is 0 Å². The van der Waals surface area contributed by atoms with Gasteiger partial charge >= 0.3 is 0 Å². The van der Waals surface area contributed by atoms with Gasteiger partial charge in [0.05, 0.1) is 17.2 Å². The molecule has 1 heterocycles. The fourth-order valence-electron chi connectivity index (χ4n) is 1.25. The van der Waals surface area contributed by atoms with E-state index in [1.165, 1.54) is 0 Å². The zero-order chi connectivity index (χ0) is 9.97. The number of fused-ring (bicyclic) bond motifs is 1. The van der Waals surface area contributed by atoms with Gasteiger partial charge in [0, 0.05) is 6.04 Å². The molecule has 3 heteroatoms. The highest BCUT2D eigenvalue weighted by molar-refractivity contribution is 5.83. The van der Waals surface area contributed by atoms with Crippen LogP contribution in [-0.4, -0.2) is 22.2 Å². The highest BCUT2D eigenvalue weighted by Crippen LogP contribution is 2.08. The van der Waals surface area contributed by atoms with Crippen molar-refractivity contribution in [3.05, 3.63) is 30.1 Å². The third-order valence-electron chi connectivity index (χ3n) is 1.90. The number of aromatic amines is 1. The summed E-state index contributed by atoms with van der Waals surface area (Å²) in [6.07, 6.45) is 1.78. The lowest BCUT2D eigenvalue weighted by atomic mass is 10.3. The second-order valence-electron chi connectivity index (χ2n) is 3.51. The normalized spacial score (nSPS) is 11.9. The summed E-state index contributed by atoms with van der Waals surface area (Å²) in [7, 11) is 0. The SMILES string of the molecule is CC(C)N=Cc1nc2ccccc2[nH]1. The van der Waals surface area contributed by atoms with E-state index >= 15 is 0 Å². The molecular formula is C11H13N3. The van der Waals surface area contributed by atoms with Crippen molar-refractivity contribution >= 4 is 17.2 Å². The topological polar surface area (TPSA) is 41.0 Å². The molecule has 0 aliphatic carbocycles. The summed E-state index contributed by atoms with van der Waals surface area (Å²) in [5.74, 6) is 0.819. The Balaban J connectivity index is 2.36. The van der Waals surface area contributed by atoms with Gasteiger partial charge < -0.3 is 4.98 Å². The number of imidazole rings is 1. The van der Waals surface area contributed by atoms with Gasteiger partial charge in [-0.05, 0) is 26.0 Å². The highest BCUT2D eigenvalue weighted by Gasteiger charge is 1.98. The van der Waals surface area contributed by atoms with Crippen molar-refractivity contribution in [3.8, 4) is 0 Å². The van der Waals surface area contributed by atoms with E-state index < -0.39 is 0 Å². The van der Waals surface area contributed by atoms with Crippen LogP contribution in [0.2, 0.25) is 0 Å². The Labute approximate surface area is 82.9 Å². The Morgan fingerprint density at radius 1 is 1.36 bits per heavy atom. The first-order chi connectivity index (χ1) is 6.75. The Bertz CT molecular complexity index is 421. The second-order valence-corrected chi connectivity index (χ2v) is 3.51. The summed E-state index contributed by atoms with van der Waals surface area (Å²) in [5, 5.41) is 0. The molecule has 1 aromatic carbocycles. The van der Waals surface area contributed by atoms with Crippen molar-refractivity contribution in [2.75, 3.05) is 0 Å². The largest absolute Gasteiger partial charge is 0.337 e. The molecule has 0 radical (unpaired) electrons. The third kappa shape index (κ3) is 1.82. The van der Waals surface area contributed by atoms with Crippen LogP contribution in [0.3, 0.4) is 0 Å². The quantitative estimate of drug-likeness (QED) is 0.720. The zero-order valence-electron chi connectivity index (χ0n) is 8.36. The first kappa shape index (κ1) is 8.94. The van der Waals surface area contributed by atoms with E-state index in [-0.39, 0.29) is 0 Å². The molecule has 0 bridgehead atoms. The van der Waals surface area contributed by atoms with E-state index in [1.54, 1.807) is 6.21 Å². The van der Waals surface area contributed by atoms with Gasteiger partial charge in [0.25, 0.3) is 0 Å². The molecule has 72 valence electrons. The van der Waals surface area contributed by atoms with Crippen LogP contribution < -0.4 is 0 Å². The number of para-hydroxylation sites is 2. The number of hydrogen-bond acceptors (Lipinski definition) is 2. The number of benzene rings is 1. The number of aliphatic imine (C=N–C) groups is 1. The lowest BCUT2D eigenvalue weighted by molar-refractivity contribution is 0.840. The van der Waals surface area contributed by atoms with Gasteiger partial charge in [-0.2, -0.15) is 0 Å². The molecule has 0 atom stereocenters. The Hall–Kier alpha value is -1.64. The average molecular weight is 187 g/mol. The number of nitrogens with zero attached hydrogens (tertiary/aromatic N) is 2. The minimum absolute atomic E-state index is 0.309. The van der Waals surface area contributed by atoms with Crippen molar-refractivity contribution in [2.24, 2.45) is 4.99 Å². The van der Waals surface area contributed by atoms with Crippen molar-refractivity contribution in [2.45, 2.75) is 19.9 Å². The molecular weight excluding hydrogens is 174 g/mol. The molecule has 0 fully saturated rings. The molecule has 0 amide bonds. The summed E-state index contributed by atoms with van der Waals surface area (Å²) in [6.45, 7) is 4.08. The summed E-state index contributed by atoms with van der Waals surface area (Å²) < 4.78 is 0. The van der Waals surface area contributed by atoms with E-state index in [9.17, 15) is 0 Å². The maximum absolute atomic E-state index is 4.38.